The smallest absolute Gasteiger partial charge is 0.230 e. The molecule has 0 saturated carbocycles. The summed E-state index contributed by atoms with van der Waals surface area (Å²) in [4.78, 5) is 75.3. The second-order valence-electron chi connectivity index (χ2n) is 21.8. The van der Waals surface area contributed by atoms with Crippen LogP contribution in [0.4, 0.5) is 11.4 Å². The van der Waals surface area contributed by atoms with Crippen molar-refractivity contribution in [2.75, 3.05) is 10.6 Å². The first kappa shape index (κ1) is 61.3. The van der Waals surface area contributed by atoms with Gasteiger partial charge in [0, 0.05) is 139 Å². The number of aldehydes is 1. The number of pyridine rings is 2. The predicted molar refractivity (Wildman–Crippen MR) is 363 cm³/mol. The summed E-state index contributed by atoms with van der Waals surface area (Å²) < 4.78 is 9.58. The lowest BCUT2D eigenvalue weighted by Crippen LogP contribution is -2.08. The molecular formula is C72H60Cl3N13O4. The number of anilines is 2. The van der Waals surface area contributed by atoms with Crippen LogP contribution in [-0.2, 0) is 46.8 Å². The van der Waals surface area contributed by atoms with Crippen molar-refractivity contribution < 1.29 is 20.6 Å². The number of H-pyrrole nitrogens is 1. The van der Waals surface area contributed by atoms with E-state index in [1.807, 2.05) is 206 Å². The van der Waals surface area contributed by atoms with Gasteiger partial charge in [-0.2, -0.15) is 0 Å². The number of aromatic nitrogens is 11. The number of nitrogens with one attached hydrogen (secondary N) is 3. The lowest BCUT2D eigenvalue weighted by molar-refractivity contribution is 0.102. The minimum Gasteiger partial charge on any atom is -0.378 e. The van der Waals surface area contributed by atoms with Gasteiger partial charge >= 0.3 is 0 Å². The number of hydrogen-bond acceptors (Lipinski definition) is 11. The summed E-state index contributed by atoms with van der Waals surface area (Å²) in [6.07, 6.45) is 18.4. The Hall–Kier alpha value is -11.0. The molecule has 92 heavy (non-hydrogen) atoms. The predicted octanol–water partition coefficient (Wildman–Crippen LogP) is 15.0. The first-order valence-electron chi connectivity index (χ1n) is 29.3. The van der Waals surface area contributed by atoms with Gasteiger partial charge in [0.05, 0.1) is 58.7 Å². The van der Waals surface area contributed by atoms with Crippen molar-refractivity contribution in [3.63, 3.8) is 0 Å². The summed E-state index contributed by atoms with van der Waals surface area (Å²) in [5.74, 6) is 0.526. The molecule has 0 radical (unpaired) electrons. The van der Waals surface area contributed by atoms with E-state index in [1.165, 1.54) is 0 Å². The SMILES string of the molecule is Cn1cc(C=O)nc1C(=O)c1cn(Cc2ccc(Cl)cc2)c2ccccc12.Cn1cc(CNc2cccnc2)nc1C(=O)c1cn(Cc2ccc(Cl)cc2)c2ccccc12.O=C(c1ncc(CNc2cccnc2)[nH]1)c1cn(Cc2ccc(Cl)cc2)c2ccccc12.[HH]. The van der Waals surface area contributed by atoms with Crippen molar-refractivity contribution in [3.05, 3.63) is 315 Å². The summed E-state index contributed by atoms with van der Waals surface area (Å²) in [5, 5.41) is 11.3. The molecule has 0 aliphatic rings. The Bertz CT molecular complexity index is 4940. The number of nitrogens with zero attached hydrogens (tertiary/aromatic N) is 10. The Morgan fingerprint density at radius 2 is 0.891 bits per heavy atom. The van der Waals surface area contributed by atoms with Crippen molar-refractivity contribution in [3.8, 4) is 0 Å². The van der Waals surface area contributed by atoms with Crippen molar-refractivity contribution in [1.82, 2.24) is 52.7 Å². The van der Waals surface area contributed by atoms with Gasteiger partial charge in [0.2, 0.25) is 17.3 Å². The summed E-state index contributed by atoms with van der Waals surface area (Å²) in [6, 6.07) is 54.3. The summed E-state index contributed by atoms with van der Waals surface area (Å²) in [7, 11) is 3.56. The van der Waals surface area contributed by atoms with Crippen LogP contribution in [0.25, 0.3) is 32.7 Å². The highest BCUT2D eigenvalue weighted by molar-refractivity contribution is 6.31. The van der Waals surface area contributed by atoms with E-state index in [1.54, 1.807) is 53.4 Å². The number of carbonyl (C=O) groups excluding carboxylic acids is 4. The van der Waals surface area contributed by atoms with Gasteiger partial charge in [-0.3, -0.25) is 29.1 Å². The second-order valence-corrected chi connectivity index (χ2v) is 23.1. The number of aromatic amines is 1. The molecule has 8 aromatic heterocycles. The van der Waals surface area contributed by atoms with Crippen LogP contribution < -0.4 is 10.6 Å². The quantitative estimate of drug-likeness (QED) is 0.0514. The molecule has 0 unspecified atom stereocenters. The minimum absolute atomic E-state index is 0. The zero-order valence-corrected chi connectivity index (χ0v) is 52.1. The van der Waals surface area contributed by atoms with Crippen LogP contribution in [0.3, 0.4) is 0 Å². The number of halogens is 3. The number of hydrogen-bond donors (Lipinski definition) is 3. The van der Waals surface area contributed by atoms with Crippen LogP contribution in [0.2, 0.25) is 15.1 Å². The summed E-state index contributed by atoms with van der Waals surface area (Å²) in [6.45, 7) is 2.93. The van der Waals surface area contributed by atoms with Gasteiger partial charge in [-0.25, -0.2) is 15.0 Å². The lowest BCUT2D eigenvalue weighted by atomic mass is 10.1. The third-order valence-corrected chi connectivity index (χ3v) is 16.1. The molecule has 14 rings (SSSR count). The molecule has 458 valence electrons. The van der Waals surface area contributed by atoms with Crippen molar-refractivity contribution in [2.24, 2.45) is 14.1 Å². The van der Waals surface area contributed by atoms with E-state index in [0.29, 0.717) is 82.4 Å². The number of para-hydroxylation sites is 3. The first-order valence-corrected chi connectivity index (χ1v) is 30.4. The maximum absolute atomic E-state index is 13.5. The van der Waals surface area contributed by atoms with E-state index in [4.69, 9.17) is 34.8 Å². The fourth-order valence-corrected chi connectivity index (χ4v) is 11.3. The van der Waals surface area contributed by atoms with Crippen molar-refractivity contribution in [1.29, 1.82) is 0 Å². The Labute approximate surface area is 545 Å². The molecule has 17 nitrogen and oxygen atoms in total. The van der Waals surface area contributed by atoms with Gasteiger partial charge < -0.3 is 38.5 Å². The van der Waals surface area contributed by atoms with E-state index >= 15 is 0 Å². The molecule has 0 spiro atoms. The lowest BCUT2D eigenvalue weighted by Gasteiger charge is -2.05. The molecule has 3 N–H and O–H groups in total. The van der Waals surface area contributed by atoms with Crippen molar-refractivity contribution in [2.45, 2.75) is 32.7 Å². The molecule has 20 heteroatoms. The van der Waals surface area contributed by atoms with E-state index in [0.717, 1.165) is 72.2 Å². The first-order chi connectivity index (χ1) is 44.8. The summed E-state index contributed by atoms with van der Waals surface area (Å²) >= 11 is 18.0. The average Bonchev–Trinajstić information content (AvgIpc) is 1.67. The van der Waals surface area contributed by atoms with Crippen LogP contribution in [0, 0.1) is 0 Å². The van der Waals surface area contributed by atoms with Gasteiger partial charge in [-0.05, 0) is 95.6 Å². The minimum atomic E-state index is -0.211. The molecule has 0 fully saturated rings. The van der Waals surface area contributed by atoms with Crippen LogP contribution in [0.1, 0.15) is 88.5 Å². The largest absolute Gasteiger partial charge is 0.378 e. The van der Waals surface area contributed by atoms with Gasteiger partial charge in [0.15, 0.2) is 23.8 Å². The van der Waals surface area contributed by atoms with E-state index < -0.39 is 0 Å². The highest BCUT2D eigenvalue weighted by atomic mass is 35.5. The number of benzene rings is 6. The molecule has 8 heterocycles. The van der Waals surface area contributed by atoms with Gasteiger partial charge in [0.25, 0.3) is 0 Å². The van der Waals surface area contributed by atoms with Crippen LogP contribution in [-0.4, -0.2) is 76.4 Å². The molecule has 0 saturated heterocycles. The average molecular weight is 1280 g/mol. The highest BCUT2D eigenvalue weighted by Crippen LogP contribution is 2.29. The monoisotopic (exact) mass is 1280 g/mol. The van der Waals surface area contributed by atoms with E-state index in [2.05, 4.69) is 49.7 Å². The molecule has 0 aliphatic heterocycles. The molecule has 6 aromatic carbocycles. The number of ketones is 3. The highest BCUT2D eigenvalue weighted by Gasteiger charge is 2.24. The Morgan fingerprint density at radius 1 is 0.478 bits per heavy atom. The molecule has 0 bridgehead atoms. The molecule has 0 amide bonds. The van der Waals surface area contributed by atoms with Crippen molar-refractivity contribution >= 4 is 103 Å². The van der Waals surface area contributed by atoms with Crippen LogP contribution in [0.5, 0.6) is 0 Å². The third-order valence-electron chi connectivity index (χ3n) is 15.4. The number of carbonyl (C=O) groups is 4. The second kappa shape index (κ2) is 27.8. The number of imidazole rings is 3. The van der Waals surface area contributed by atoms with Gasteiger partial charge in [-0.1, -0.05) is 126 Å². The van der Waals surface area contributed by atoms with Crippen LogP contribution in [0.15, 0.2) is 232 Å². The topological polar surface area (TPSA) is 197 Å². The fourth-order valence-electron chi connectivity index (χ4n) is 10.9. The normalized spacial score (nSPS) is 11.1. The number of fused-ring (bicyclic) bond motifs is 3. The zero-order chi connectivity index (χ0) is 63.7. The molecule has 0 atom stereocenters. The molecular weight excluding hydrogens is 1220 g/mol. The maximum atomic E-state index is 13.5. The Kier molecular flexibility index (Phi) is 18.5. The maximum Gasteiger partial charge on any atom is 0.230 e. The van der Waals surface area contributed by atoms with Gasteiger partial charge in [-0.15, -0.1) is 0 Å². The number of aryl methyl sites for hydroxylation is 2. The van der Waals surface area contributed by atoms with Crippen LogP contribution >= 0.6 is 34.8 Å². The summed E-state index contributed by atoms with van der Waals surface area (Å²) in [5.41, 5.74) is 11.7. The van der Waals surface area contributed by atoms with E-state index in [-0.39, 0.29) is 30.3 Å². The fraction of sp³-hybridized carbons (Fsp3) is 0.0972. The zero-order valence-electron chi connectivity index (χ0n) is 49.8. The van der Waals surface area contributed by atoms with E-state index in [9.17, 15) is 19.2 Å². The molecule has 14 aromatic rings. The number of rotatable bonds is 19. The molecule has 0 aliphatic carbocycles. The van der Waals surface area contributed by atoms with Gasteiger partial charge in [0.1, 0.15) is 5.69 Å². The third kappa shape index (κ3) is 14.1. The standard InChI is InChI=1S/C26H22ClN5O.C25H20ClN5O.C21H16ClN3O2.H2/c1-31-16-21(14-29-20-5-4-12-28-13-20)30-26(31)25(33)23-17-32(24-7-3-2-6-22(23)24)15-18-8-10-19(27)11-9-18;26-18-9-7-17(8-10-18)15-31-16-22(21-5-1-2-6-23(21)31)24(32)25-29-14-20(30-25)13-28-19-4-3-11-27-12-19;1-24-11-16(13-26)23-21(24)20(27)18-12-25(19-5-3-2-4-17(18)19)10-14-6-8-15(22)9-7-14;/h2-13,16-17,29H,14-15H2,1H3;1-12,14,16,28H,13,15H2,(H,29,30);2-9,11-13H,10H2,1H3;1H. The Balaban J connectivity index is 0.000000143. The Morgan fingerprint density at radius 3 is 1.32 bits per heavy atom.